The van der Waals surface area contributed by atoms with Gasteiger partial charge in [-0.05, 0) is 18.9 Å². The quantitative estimate of drug-likeness (QED) is 0.736. The minimum Gasteiger partial charge on any atom is -0.480 e. The van der Waals surface area contributed by atoms with Crippen LogP contribution in [0.4, 0.5) is 0 Å². The summed E-state index contributed by atoms with van der Waals surface area (Å²) in [6.07, 6.45) is 2.40. The van der Waals surface area contributed by atoms with Crippen LogP contribution < -0.4 is 0 Å². The topological polar surface area (TPSA) is 108 Å². The standard InChI is InChI=1S/C19H20N2O5S/c1-11(22)27-16(9-17(23)21-8-4-7-15(21)19(25)26)18(24)13-10-20-14-6-3-2-5-12(13)14/h2-3,5-6,10,15-16,20H,4,7-9H2,1H3,(H,25,26)/t15-,16?/m0/s1. The molecule has 1 aliphatic rings. The van der Waals surface area contributed by atoms with Crippen LogP contribution in [0.3, 0.4) is 0 Å². The lowest BCUT2D eigenvalue weighted by Crippen LogP contribution is -2.42. The van der Waals surface area contributed by atoms with Crippen LogP contribution in [0.15, 0.2) is 30.5 Å². The van der Waals surface area contributed by atoms with Crippen molar-refractivity contribution in [3.63, 3.8) is 0 Å². The second kappa shape index (κ2) is 7.96. The number of carboxylic acid groups (broad SMARTS) is 1. The Hall–Kier alpha value is -2.61. The SMILES string of the molecule is CC(=O)SC(CC(=O)N1CCC[C@H]1C(=O)O)C(=O)c1c[nH]c2ccccc12. The molecule has 1 aromatic carbocycles. The number of Topliss-reactive ketones (excluding diaryl/α,β-unsaturated/α-hetero) is 1. The summed E-state index contributed by atoms with van der Waals surface area (Å²) < 4.78 is 0. The number of amides is 1. The summed E-state index contributed by atoms with van der Waals surface area (Å²) in [6, 6.07) is 6.44. The molecule has 2 atom stereocenters. The molecule has 142 valence electrons. The highest BCUT2D eigenvalue weighted by molar-refractivity contribution is 8.14. The average molecular weight is 388 g/mol. The molecule has 8 heteroatoms. The maximum absolute atomic E-state index is 13.0. The number of fused-ring (bicyclic) bond motifs is 1. The number of carboxylic acids is 1. The number of carbonyl (C=O) groups excluding carboxylic acids is 3. The summed E-state index contributed by atoms with van der Waals surface area (Å²) >= 11 is 0.814. The van der Waals surface area contributed by atoms with Crippen molar-refractivity contribution in [2.75, 3.05) is 6.54 Å². The van der Waals surface area contributed by atoms with Crippen molar-refractivity contribution in [2.24, 2.45) is 0 Å². The van der Waals surface area contributed by atoms with Gasteiger partial charge in [0.2, 0.25) is 5.91 Å². The summed E-state index contributed by atoms with van der Waals surface area (Å²) in [5.41, 5.74) is 1.22. The van der Waals surface area contributed by atoms with E-state index >= 15 is 0 Å². The van der Waals surface area contributed by atoms with Gasteiger partial charge in [-0.1, -0.05) is 30.0 Å². The van der Waals surface area contributed by atoms with Gasteiger partial charge in [0.15, 0.2) is 10.9 Å². The van der Waals surface area contributed by atoms with Gasteiger partial charge in [-0.15, -0.1) is 0 Å². The van der Waals surface area contributed by atoms with Crippen LogP contribution in [-0.4, -0.2) is 55.6 Å². The van der Waals surface area contributed by atoms with E-state index in [0.29, 0.717) is 24.9 Å². The largest absolute Gasteiger partial charge is 0.480 e. The van der Waals surface area contributed by atoms with Gasteiger partial charge in [-0.2, -0.15) is 0 Å². The Bertz CT molecular complexity index is 906. The van der Waals surface area contributed by atoms with Crippen LogP contribution in [0.1, 0.15) is 36.5 Å². The van der Waals surface area contributed by atoms with Crippen molar-refractivity contribution in [1.82, 2.24) is 9.88 Å². The van der Waals surface area contributed by atoms with Crippen molar-refractivity contribution in [3.8, 4) is 0 Å². The normalized spacial score (nSPS) is 17.8. The molecule has 2 N–H and O–H groups in total. The molecule has 0 saturated carbocycles. The number of carbonyl (C=O) groups is 4. The molecule has 0 spiro atoms. The van der Waals surface area contributed by atoms with Crippen LogP contribution in [0.2, 0.25) is 0 Å². The molecule has 27 heavy (non-hydrogen) atoms. The number of H-pyrrole nitrogens is 1. The van der Waals surface area contributed by atoms with E-state index in [-0.39, 0.29) is 17.3 Å². The molecule has 1 amide bonds. The zero-order valence-corrected chi connectivity index (χ0v) is 15.6. The van der Waals surface area contributed by atoms with Crippen molar-refractivity contribution in [2.45, 2.75) is 37.5 Å². The lowest BCUT2D eigenvalue weighted by Gasteiger charge is -2.23. The molecular formula is C19H20N2O5S. The van der Waals surface area contributed by atoms with E-state index in [9.17, 15) is 24.3 Å². The van der Waals surface area contributed by atoms with Gasteiger partial charge < -0.3 is 15.0 Å². The number of ketones is 1. The van der Waals surface area contributed by atoms with Crippen molar-refractivity contribution < 1.29 is 24.3 Å². The molecule has 7 nitrogen and oxygen atoms in total. The van der Waals surface area contributed by atoms with Gasteiger partial charge in [0, 0.05) is 42.6 Å². The molecule has 1 aliphatic heterocycles. The number of aromatic amines is 1. The zero-order chi connectivity index (χ0) is 19.6. The third kappa shape index (κ3) is 4.05. The summed E-state index contributed by atoms with van der Waals surface area (Å²) in [7, 11) is 0. The van der Waals surface area contributed by atoms with Gasteiger partial charge in [-0.3, -0.25) is 14.4 Å². The molecular weight excluding hydrogens is 368 g/mol. The maximum Gasteiger partial charge on any atom is 0.326 e. The Morgan fingerprint density at radius 3 is 2.74 bits per heavy atom. The number of hydrogen-bond acceptors (Lipinski definition) is 5. The first-order chi connectivity index (χ1) is 12.9. The Morgan fingerprint density at radius 1 is 1.30 bits per heavy atom. The van der Waals surface area contributed by atoms with Crippen LogP contribution in [0.5, 0.6) is 0 Å². The number of likely N-dealkylation sites (tertiary alicyclic amines) is 1. The predicted octanol–water partition coefficient (Wildman–Crippen LogP) is 2.46. The van der Waals surface area contributed by atoms with E-state index in [2.05, 4.69) is 4.98 Å². The fourth-order valence-electron chi connectivity index (χ4n) is 3.43. The number of thioether (sulfide) groups is 1. The fraction of sp³-hybridized carbons (Fsp3) is 0.368. The molecule has 3 rings (SSSR count). The van der Waals surface area contributed by atoms with E-state index in [1.807, 2.05) is 18.2 Å². The first-order valence-corrected chi connectivity index (χ1v) is 9.56. The highest BCUT2D eigenvalue weighted by Crippen LogP contribution is 2.27. The molecule has 1 fully saturated rings. The second-order valence-electron chi connectivity index (χ2n) is 6.50. The molecule has 0 aliphatic carbocycles. The van der Waals surface area contributed by atoms with E-state index in [1.54, 1.807) is 12.3 Å². The number of nitrogens with one attached hydrogen (secondary N) is 1. The highest BCUT2D eigenvalue weighted by Gasteiger charge is 2.36. The number of para-hydroxylation sites is 1. The van der Waals surface area contributed by atoms with Crippen molar-refractivity contribution in [1.29, 1.82) is 0 Å². The summed E-state index contributed by atoms with van der Waals surface area (Å²) in [5.74, 6) is -1.77. The smallest absolute Gasteiger partial charge is 0.326 e. The van der Waals surface area contributed by atoms with E-state index < -0.39 is 23.2 Å². The summed E-state index contributed by atoms with van der Waals surface area (Å²) in [4.78, 5) is 53.0. The maximum atomic E-state index is 13.0. The van der Waals surface area contributed by atoms with Crippen LogP contribution in [-0.2, 0) is 14.4 Å². The van der Waals surface area contributed by atoms with Crippen molar-refractivity contribution in [3.05, 3.63) is 36.0 Å². The Kier molecular flexibility index (Phi) is 5.65. The lowest BCUT2D eigenvalue weighted by molar-refractivity contribution is -0.148. The average Bonchev–Trinajstić information content (AvgIpc) is 3.27. The molecule has 1 aromatic heterocycles. The van der Waals surface area contributed by atoms with Crippen molar-refractivity contribution >= 4 is 45.4 Å². The van der Waals surface area contributed by atoms with Gasteiger partial charge >= 0.3 is 5.97 Å². The van der Waals surface area contributed by atoms with Gasteiger partial charge in [0.25, 0.3) is 0 Å². The second-order valence-corrected chi connectivity index (χ2v) is 7.88. The molecule has 2 heterocycles. The third-order valence-corrected chi connectivity index (χ3v) is 5.67. The lowest BCUT2D eigenvalue weighted by atomic mass is 10.0. The number of nitrogens with zero attached hydrogens (tertiary/aromatic N) is 1. The number of benzene rings is 1. The van der Waals surface area contributed by atoms with E-state index in [0.717, 1.165) is 22.7 Å². The summed E-state index contributed by atoms with van der Waals surface area (Å²) in [5, 5.41) is 8.84. The Labute approximate surface area is 160 Å². The third-order valence-electron chi connectivity index (χ3n) is 4.67. The minimum atomic E-state index is -1.04. The fourth-order valence-corrected chi connectivity index (χ4v) is 4.30. The molecule has 1 saturated heterocycles. The molecule has 0 radical (unpaired) electrons. The summed E-state index contributed by atoms with van der Waals surface area (Å²) in [6.45, 7) is 1.70. The highest BCUT2D eigenvalue weighted by atomic mass is 32.2. The Morgan fingerprint density at radius 2 is 2.04 bits per heavy atom. The first-order valence-electron chi connectivity index (χ1n) is 8.68. The predicted molar refractivity (Wildman–Crippen MR) is 102 cm³/mol. The van der Waals surface area contributed by atoms with E-state index in [1.165, 1.54) is 11.8 Å². The zero-order valence-electron chi connectivity index (χ0n) is 14.8. The number of aliphatic carboxylic acids is 1. The number of hydrogen-bond donors (Lipinski definition) is 2. The number of rotatable bonds is 6. The minimum absolute atomic E-state index is 0.202. The molecule has 0 bridgehead atoms. The first kappa shape index (κ1) is 19.2. The molecule has 1 unspecified atom stereocenters. The van der Waals surface area contributed by atoms with Crippen LogP contribution in [0.25, 0.3) is 10.9 Å². The van der Waals surface area contributed by atoms with E-state index in [4.69, 9.17) is 0 Å². The van der Waals surface area contributed by atoms with Crippen LogP contribution >= 0.6 is 11.8 Å². The Balaban J connectivity index is 1.83. The molecule has 2 aromatic rings. The monoisotopic (exact) mass is 388 g/mol. The van der Waals surface area contributed by atoms with Gasteiger partial charge in [-0.25, -0.2) is 4.79 Å². The van der Waals surface area contributed by atoms with Crippen LogP contribution in [0, 0.1) is 0 Å². The van der Waals surface area contributed by atoms with Gasteiger partial charge in [0.1, 0.15) is 6.04 Å². The van der Waals surface area contributed by atoms with Gasteiger partial charge in [0.05, 0.1) is 5.25 Å². The number of aromatic nitrogens is 1.